The lowest BCUT2D eigenvalue weighted by Gasteiger charge is -2.35. The number of rotatable bonds is 7. The molecule has 0 unspecified atom stereocenters. The monoisotopic (exact) mass is 480 g/mol. The van der Waals surface area contributed by atoms with Gasteiger partial charge in [0.25, 0.3) is 0 Å². The zero-order chi connectivity index (χ0) is 23.5. The number of hydrogen-bond acceptors (Lipinski definition) is 9. The molecule has 5 rings (SSSR count). The summed E-state index contributed by atoms with van der Waals surface area (Å²) in [6, 6.07) is 8.06. The van der Waals surface area contributed by atoms with Crippen molar-refractivity contribution in [3.63, 3.8) is 0 Å². The molecule has 1 aromatic carbocycles. The van der Waals surface area contributed by atoms with E-state index in [2.05, 4.69) is 38.1 Å². The third kappa shape index (κ3) is 4.95. The minimum atomic E-state index is 0.723. The van der Waals surface area contributed by atoms with Gasteiger partial charge in [-0.25, -0.2) is 9.97 Å². The standard InChI is InChI=1S/C25H32N6O2S/c1-18-14-23(28-25(26-18)31-8-4-5-9-31)30-12-10-29(11-13-30)16-20-17-34-24(27-20)19-6-7-21(32-2)22(15-19)33-3/h6-7,14-15,17H,4-5,8-13,16H2,1-3H3. The maximum absolute atomic E-state index is 5.44. The molecule has 34 heavy (non-hydrogen) atoms. The fraction of sp³-hybridized carbons (Fsp3) is 0.480. The van der Waals surface area contributed by atoms with Gasteiger partial charge in [0.1, 0.15) is 10.8 Å². The highest BCUT2D eigenvalue weighted by Gasteiger charge is 2.22. The molecule has 0 bridgehead atoms. The Morgan fingerprint density at radius 2 is 1.62 bits per heavy atom. The number of ether oxygens (including phenoxy) is 2. The van der Waals surface area contributed by atoms with Gasteiger partial charge in [-0.2, -0.15) is 4.98 Å². The average Bonchev–Trinajstić information content (AvgIpc) is 3.56. The molecule has 3 aromatic rings. The summed E-state index contributed by atoms with van der Waals surface area (Å²) >= 11 is 1.67. The third-order valence-corrected chi connectivity index (χ3v) is 7.42. The Bertz CT molecular complexity index is 1120. The first kappa shape index (κ1) is 22.9. The number of thiazole rings is 1. The Morgan fingerprint density at radius 3 is 2.35 bits per heavy atom. The predicted molar refractivity (Wildman–Crippen MR) is 136 cm³/mol. The third-order valence-electron chi connectivity index (χ3n) is 6.48. The first-order valence-electron chi connectivity index (χ1n) is 11.9. The number of hydrogen-bond donors (Lipinski definition) is 0. The molecular weight excluding hydrogens is 448 g/mol. The molecule has 9 heteroatoms. The molecule has 2 aliphatic rings. The van der Waals surface area contributed by atoms with E-state index in [9.17, 15) is 0 Å². The molecule has 180 valence electrons. The van der Waals surface area contributed by atoms with Crippen molar-refractivity contribution >= 4 is 23.1 Å². The Morgan fingerprint density at radius 1 is 0.853 bits per heavy atom. The van der Waals surface area contributed by atoms with Crippen LogP contribution in [-0.4, -0.2) is 73.3 Å². The minimum absolute atomic E-state index is 0.723. The molecule has 0 spiro atoms. The van der Waals surface area contributed by atoms with Crippen LogP contribution in [0.2, 0.25) is 0 Å². The van der Waals surface area contributed by atoms with Crippen molar-refractivity contribution in [2.24, 2.45) is 0 Å². The summed E-state index contributed by atoms with van der Waals surface area (Å²) in [6.07, 6.45) is 2.46. The Balaban J connectivity index is 1.20. The van der Waals surface area contributed by atoms with Crippen molar-refractivity contribution in [3.05, 3.63) is 41.0 Å². The van der Waals surface area contributed by atoms with E-state index in [0.29, 0.717) is 0 Å². The summed E-state index contributed by atoms with van der Waals surface area (Å²) in [7, 11) is 3.31. The molecule has 2 fully saturated rings. The number of methoxy groups -OCH3 is 2. The van der Waals surface area contributed by atoms with Crippen molar-refractivity contribution < 1.29 is 9.47 Å². The van der Waals surface area contributed by atoms with Crippen LogP contribution in [-0.2, 0) is 6.54 Å². The number of piperazine rings is 1. The highest BCUT2D eigenvalue weighted by atomic mass is 32.1. The smallest absolute Gasteiger partial charge is 0.227 e. The molecule has 2 aromatic heterocycles. The highest BCUT2D eigenvalue weighted by molar-refractivity contribution is 7.13. The number of nitrogens with zero attached hydrogens (tertiary/aromatic N) is 6. The maximum Gasteiger partial charge on any atom is 0.227 e. The summed E-state index contributed by atoms with van der Waals surface area (Å²) in [5.41, 5.74) is 3.20. The first-order valence-corrected chi connectivity index (χ1v) is 12.8. The summed E-state index contributed by atoms with van der Waals surface area (Å²) in [6.45, 7) is 8.96. The van der Waals surface area contributed by atoms with Gasteiger partial charge in [0.15, 0.2) is 11.5 Å². The van der Waals surface area contributed by atoms with E-state index < -0.39 is 0 Å². The van der Waals surface area contributed by atoms with Gasteiger partial charge in [0.2, 0.25) is 5.95 Å². The molecular formula is C25H32N6O2S. The molecule has 2 saturated heterocycles. The van der Waals surface area contributed by atoms with Gasteiger partial charge in [0, 0.05) is 68.5 Å². The SMILES string of the molecule is COc1ccc(-c2nc(CN3CCN(c4cc(C)nc(N5CCCC5)n4)CC3)cs2)cc1OC. The molecule has 0 atom stereocenters. The van der Waals surface area contributed by atoms with Gasteiger partial charge in [0.05, 0.1) is 19.9 Å². The van der Waals surface area contributed by atoms with Gasteiger partial charge in [-0.1, -0.05) is 0 Å². The second-order valence-corrected chi connectivity index (χ2v) is 9.70. The molecule has 0 radical (unpaired) electrons. The van der Waals surface area contributed by atoms with Crippen molar-refractivity contribution in [2.45, 2.75) is 26.3 Å². The number of aryl methyl sites for hydroxylation is 1. The van der Waals surface area contributed by atoms with E-state index in [0.717, 1.165) is 91.0 Å². The van der Waals surface area contributed by atoms with Crippen LogP contribution in [0.3, 0.4) is 0 Å². The zero-order valence-electron chi connectivity index (χ0n) is 20.2. The van der Waals surface area contributed by atoms with Crippen LogP contribution < -0.4 is 19.3 Å². The summed E-state index contributed by atoms with van der Waals surface area (Å²) < 4.78 is 10.8. The van der Waals surface area contributed by atoms with Crippen molar-refractivity contribution in [1.82, 2.24) is 19.9 Å². The van der Waals surface area contributed by atoms with E-state index >= 15 is 0 Å². The second kappa shape index (κ2) is 10.1. The largest absolute Gasteiger partial charge is 0.493 e. The molecule has 0 saturated carbocycles. The lowest BCUT2D eigenvalue weighted by atomic mass is 10.2. The number of anilines is 2. The lowest BCUT2D eigenvalue weighted by Crippen LogP contribution is -2.46. The fourth-order valence-corrected chi connectivity index (χ4v) is 5.41. The Hall–Kier alpha value is -2.91. The summed E-state index contributed by atoms with van der Waals surface area (Å²) in [5.74, 6) is 3.39. The maximum atomic E-state index is 5.44. The van der Waals surface area contributed by atoms with E-state index in [-0.39, 0.29) is 0 Å². The van der Waals surface area contributed by atoms with E-state index in [1.807, 2.05) is 18.2 Å². The van der Waals surface area contributed by atoms with Gasteiger partial charge in [-0.3, -0.25) is 4.90 Å². The molecule has 4 heterocycles. The van der Waals surface area contributed by atoms with Crippen molar-refractivity contribution in [2.75, 3.05) is 63.3 Å². The summed E-state index contributed by atoms with van der Waals surface area (Å²) in [5, 5.41) is 3.16. The van der Waals surface area contributed by atoms with E-state index in [1.165, 1.54) is 12.8 Å². The van der Waals surface area contributed by atoms with Gasteiger partial charge >= 0.3 is 0 Å². The fourth-order valence-electron chi connectivity index (χ4n) is 4.60. The van der Waals surface area contributed by atoms with E-state index in [1.54, 1.807) is 25.6 Å². The van der Waals surface area contributed by atoms with Gasteiger partial charge in [-0.15, -0.1) is 11.3 Å². The molecule has 0 aliphatic carbocycles. The van der Waals surface area contributed by atoms with Crippen LogP contribution in [0, 0.1) is 6.92 Å². The predicted octanol–water partition coefficient (Wildman–Crippen LogP) is 3.85. The van der Waals surface area contributed by atoms with Crippen molar-refractivity contribution in [3.8, 4) is 22.1 Å². The van der Waals surface area contributed by atoms with Gasteiger partial charge < -0.3 is 19.3 Å². The quantitative estimate of drug-likeness (QED) is 0.505. The highest BCUT2D eigenvalue weighted by Crippen LogP contribution is 2.33. The van der Waals surface area contributed by atoms with E-state index in [4.69, 9.17) is 19.4 Å². The minimum Gasteiger partial charge on any atom is -0.493 e. The van der Waals surface area contributed by atoms with Crippen LogP contribution in [0.1, 0.15) is 24.2 Å². The Labute approximate surface area is 205 Å². The number of benzene rings is 1. The lowest BCUT2D eigenvalue weighted by molar-refractivity contribution is 0.247. The normalized spacial score (nSPS) is 16.8. The van der Waals surface area contributed by atoms with Crippen molar-refractivity contribution in [1.29, 1.82) is 0 Å². The molecule has 0 N–H and O–H groups in total. The molecule has 2 aliphatic heterocycles. The zero-order valence-corrected chi connectivity index (χ0v) is 21.0. The van der Waals surface area contributed by atoms with Crippen LogP contribution in [0.4, 0.5) is 11.8 Å². The molecule has 8 nitrogen and oxygen atoms in total. The summed E-state index contributed by atoms with van der Waals surface area (Å²) in [4.78, 5) is 21.7. The van der Waals surface area contributed by atoms with Crippen LogP contribution >= 0.6 is 11.3 Å². The number of aromatic nitrogens is 3. The first-order chi connectivity index (χ1) is 16.6. The Kier molecular flexibility index (Phi) is 6.82. The molecule has 0 amide bonds. The van der Waals surface area contributed by atoms with Crippen LogP contribution in [0.15, 0.2) is 29.6 Å². The van der Waals surface area contributed by atoms with Crippen LogP contribution in [0.25, 0.3) is 10.6 Å². The van der Waals surface area contributed by atoms with Gasteiger partial charge in [-0.05, 0) is 38.0 Å². The topological polar surface area (TPSA) is 66.9 Å². The van der Waals surface area contributed by atoms with Crippen LogP contribution in [0.5, 0.6) is 11.5 Å². The second-order valence-electron chi connectivity index (χ2n) is 8.84. The average molecular weight is 481 g/mol.